The van der Waals surface area contributed by atoms with Crippen molar-refractivity contribution in [3.63, 3.8) is 0 Å². The summed E-state index contributed by atoms with van der Waals surface area (Å²) in [6.07, 6.45) is 0. The fourth-order valence-corrected chi connectivity index (χ4v) is 2.97. The second-order valence-corrected chi connectivity index (χ2v) is 7.82. The number of anilines is 1. The van der Waals surface area contributed by atoms with Crippen LogP contribution in [0.4, 0.5) is 5.69 Å². The zero-order chi connectivity index (χ0) is 17.0. The molecule has 1 atom stereocenters. The lowest BCUT2D eigenvalue weighted by Crippen LogP contribution is -2.39. The standard InChI is InChI=1S/C19H26N2OS/c1-14(21(5)12-15-10-11-23-13-15)18(22)20-17-8-6-16(7-9-17)19(2,3)4/h6-11,13-14H,12H2,1-5H3,(H,20,22). The van der Waals surface area contributed by atoms with E-state index in [2.05, 4.69) is 59.9 Å². The highest BCUT2D eigenvalue weighted by Gasteiger charge is 2.19. The molecule has 23 heavy (non-hydrogen) atoms. The second-order valence-electron chi connectivity index (χ2n) is 7.04. The number of nitrogens with one attached hydrogen (secondary N) is 1. The molecule has 124 valence electrons. The number of rotatable bonds is 5. The molecular weight excluding hydrogens is 304 g/mol. The van der Waals surface area contributed by atoms with Gasteiger partial charge in [-0.25, -0.2) is 0 Å². The van der Waals surface area contributed by atoms with Crippen LogP contribution in [0.1, 0.15) is 38.8 Å². The summed E-state index contributed by atoms with van der Waals surface area (Å²) in [6, 6.07) is 10.0. The molecule has 0 radical (unpaired) electrons. The van der Waals surface area contributed by atoms with E-state index in [0.717, 1.165) is 12.2 Å². The quantitative estimate of drug-likeness (QED) is 0.875. The Morgan fingerprint density at radius 1 is 1.22 bits per heavy atom. The van der Waals surface area contributed by atoms with Crippen LogP contribution in [-0.2, 0) is 16.8 Å². The number of carbonyl (C=O) groups excluding carboxylic acids is 1. The topological polar surface area (TPSA) is 32.3 Å². The molecule has 1 heterocycles. The number of benzene rings is 1. The monoisotopic (exact) mass is 330 g/mol. The maximum atomic E-state index is 12.4. The van der Waals surface area contributed by atoms with Crippen LogP contribution < -0.4 is 5.32 Å². The Morgan fingerprint density at radius 3 is 2.39 bits per heavy atom. The van der Waals surface area contributed by atoms with Gasteiger partial charge in [-0.2, -0.15) is 11.3 Å². The zero-order valence-corrected chi connectivity index (χ0v) is 15.4. The highest BCUT2D eigenvalue weighted by atomic mass is 32.1. The van der Waals surface area contributed by atoms with Crippen molar-refractivity contribution < 1.29 is 4.79 Å². The van der Waals surface area contributed by atoms with Crippen molar-refractivity contribution in [3.05, 3.63) is 52.2 Å². The maximum absolute atomic E-state index is 12.4. The summed E-state index contributed by atoms with van der Waals surface area (Å²) < 4.78 is 0. The molecule has 2 rings (SSSR count). The van der Waals surface area contributed by atoms with E-state index in [1.807, 2.05) is 26.1 Å². The SMILES string of the molecule is CC(C(=O)Nc1ccc(C(C)(C)C)cc1)N(C)Cc1ccsc1. The molecule has 0 saturated heterocycles. The lowest BCUT2D eigenvalue weighted by Gasteiger charge is -2.24. The number of amides is 1. The second kappa shape index (κ2) is 7.28. The van der Waals surface area contributed by atoms with Crippen molar-refractivity contribution >= 4 is 22.9 Å². The third kappa shape index (κ3) is 4.91. The van der Waals surface area contributed by atoms with Crippen molar-refractivity contribution in [2.45, 2.75) is 45.7 Å². The Morgan fingerprint density at radius 2 is 1.87 bits per heavy atom. The van der Waals surface area contributed by atoms with Gasteiger partial charge in [0.1, 0.15) is 0 Å². The average molecular weight is 330 g/mol. The van der Waals surface area contributed by atoms with Crippen molar-refractivity contribution in [1.29, 1.82) is 0 Å². The van der Waals surface area contributed by atoms with Crippen LogP contribution in [-0.4, -0.2) is 23.9 Å². The molecule has 0 aliphatic carbocycles. The Labute approximate surface area is 143 Å². The number of thiophene rings is 1. The van der Waals surface area contributed by atoms with E-state index in [0.29, 0.717) is 0 Å². The molecule has 1 N–H and O–H groups in total. The van der Waals surface area contributed by atoms with Gasteiger partial charge < -0.3 is 5.32 Å². The van der Waals surface area contributed by atoms with Crippen molar-refractivity contribution in [3.8, 4) is 0 Å². The van der Waals surface area contributed by atoms with Crippen LogP contribution in [0.3, 0.4) is 0 Å². The van der Waals surface area contributed by atoms with Gasteiger partial charge in [0.15, 0.2) is 0 Å². The lowest BCUT2D eigenvalue weighted by molar-refractivity contribution is -0.120. The fourth-order valence-electron chi connectivity index (χ4n) is 2.31. The average Bonchev–Trinajstić information content (AvgIpc) is 2.98. The smallest absolute Gasteiger partial charge is 0.241 e. The third-order valence-corrected chi connectivity index (χ3v) is 4.80. The molecule has 1 aromatic heterocycles. The van der Waals surface area contributed by atoms with Gasteiger partial charge in [-0.15, -0.1) is 0 Å². The molecule has 2 aromatic rings. The summed E-state index contributed by atoms with van der Waals surface area (Å²) in [6.45, 7) is 9.26. The Kier molecular flexibility index (Phi) is 5.60. The van der Waals surface area contributed by atoms with Crippen LogP contribution in [0.2, 0.25) is 0 Å². The largest absolute Gasteiger partial charge is 0.325 e. The predicted octanol–water partition coefficient (Wildman–Crippen LogP) is 4.50. The molecule has 4 heteroatoms. The summed E-state index contributed by atoms with van der Waals surface area (Å²) in [4.78, 5) is 14.5. The van der Waals surface area contributed by atoms with E-state index in [-0.39, 0.29) is 17.4 Å². The minimum absolute atomic E-state index is 0.0197. The highest BCUT2D eigenvalue weighted by molar-refractivity contribution is 7.07. The number of likely N-dealkylation sites (N-methyl/N-ethyl adjacent to an activating group) is 1. The Balaban J connectivity index is 1.95. The molecule has 0 aliphatic rings. The molecule has 1 aromatic carbocycles. The summed E-state index contributed by atoms with van der Waals surface area (Å²) in [5.74, 6) is 0.0197. The van der Waals surface area contributed by atoms with Gasteiger partial charge in [0.25, 0.3) is 0 Å². The van der Waals surface area contributed by atoms with Crippen LogP contribution in [0.25, 0.3) is 0 Å². The first-order valence-corrected chi connectivity index (χ1v) is 8.84. The van der Waals surface area contributed by atoms with E-state index < -0.39 is 0 Å². The minimum Gasteiger partial charge on any atom is -0.325 e. The van der Waals surface area contributed by atoms with E-state index in [1.165, 1.54) is 11.1 Å². The summed E-state index contributed by atoms with van der Waals surface area (Å²) in [7, 11) is 1.98. The number of hydrogen-bond acceptors (Lipinski definition) is 3. The minimum atomic E-state index is -0.183. The van der Waals surface area contributed by atoms with Crippen molar-refractivity contribution in [2.75, 3.05) is 12.4 Å². The van der Waals surface area contributed by atoms with Crippen LogP contribution in [0.15, 0.2) is 41.1 Å². The molecule has 0 aliphatic heterocycles. The van der Waals surface area contributed by atoms with E-state index in [9.17, 15) is 4.79 Å². The van der Waals surface area contributed by atoms with E-state index in [1.54, 1.807) is 11.3 Å². The van der Waals surface area contributed by atoms with Gasteiger partial charge in [-0.05, 0) is 59.5 Å². The molecule has 1 amide bonds. The molecule has 0 fully saturated rings. The third-order valence-electron chi connectivity index (χ3n) is 4.07. The first-order valence-electron chi connectivity index (χ1n) is 7.90. The number of carbonyl (C=O) groups is 1. The fraction of sp³-hybridized carbons (Fsp3) is 0.421. The first-order chi connectivity index (χ1) is 10.8. The summed E-state index contributed by atoms with van der Waals surface area (Å²) in [5.41, 5.74) is 3.47. The molecule has 1 unspecified atom stereocenters. The van der Waals surface area contributed by atoms with Gasteiger partial charge in [0, 0.05) is 12.2 Å². The van der Waals surface area contributed by atoms with E-state index in [4.69, 9.17) is 0 Å². The predicted molar refractivity (Wildman–Crippen MR) is 99.0 cm³/mol. The van der Waals surface area contributed by atoms with Crippen molar-refractivity contribution in [2.24, 2.45) is 0 Å². The molecule has 0 spiro atoms. The molecule has 0 saturated carbocycles. The highest BCUT2D eigenvalue weighted by Crippen LogP contribution is 2.23. The first kappa shape index (κ1) is 17.7. The number of nitrogens with zero attached hydrogens (tertiary/aromatic N) is 1. The maximum Gasteiger partial charge on any atom is 0.241 e. The van der Waals surface area contributed by atoms with Gasteiger partial charge in [-0.1, -0.05) is 32.9 Å². The van der Waals surface area contributed by atoms with Gasteiger partial charge in [0.05, 0.1) is 6.04 Å². The molecule has 0 bridgehead atoms. The van der Waals surface area contributed by atoms with Gasteiger partial charge in [-0.3, -0.25) is 9.69 Å². The summed E-state index contributed by atoms with van der Waals surface area (Å²) >= 11 is 1.68. The van der Waals surface area contributed by atoms with Crippen molar-refractivity contribution in [1.82, 2.24) is 4.90 Å². The molecule has 3 nitrogen and oxygen atoms in total. The van der Waals surface area contributed by atoms with Gasteiger partial charge >= 0.3 is 0 Å². The lowest BCUT2D eigenvalue weighted by atomic mass is 9.87. The Hall–Kier alpha value is -1.65. The molecular formula is C19H26N2OS. The number of hydrogen-bond donors (Lipinski definition) is 1. The zero-order valence-electron chi connectivity index (χ0n) is 14.6. The summed E-state index contributed by atoms with van der Waals surface area (Å²) in [5, 5.41) is 7.18. The van der Waals surface area contributed by atoms with Crippen LogP contribution in [0.5, 0.6) is 0 Å². The van der Waals surface area contributed by atoms with Gasteiger partial charge in [0.2, 0.25) is 5.91 Å². The van der Waals surface area contributed by atoms with E-state index >= 15 is 0 Å². The van der Waals surface area contributed by atoms with Crippen LogP contribution >= 0.6 is 11.3 Å². The Bertz CT molecular complexity index is 626. The normalized spacial score (nSPS) is 13.1. The van der Waals surface area contributed by atoms with Crippen LogP contribution in [0, 0.1) is 0 Å².